The van der Waals surface area contributed by atoms with Crippen molar-refractivity contribution in [1.29, 1.82) is 0 Å². The van der Waals surface area contributed by atoms with Crippen molar-refractivity contribution < 1.29 is 19.7 Å². The van der Waals surface area contributed by atoms with Gasteiger partial charge in [0.15, 0.2) is 0 Å². The molecule has 2 aromatic heterocycles. The second-order valence-corrected chi connectivity index (χ2v) is 7.89. The van der Waals surface area contributed by atoms with Crippen LogP contribution < -0.4 is 4.90 Å². The molecule has 1 saturated heterocycles. The van der Waals surface area contributed by atoms with Crippen LogP contribution in [0.1, 0.15) is 12.8 Å². The van der Waals surface area contributed by atoms with E-state index in [4.69, 9.17) is 38.0 Å². The first-order valence-electron chi connectivity index (χ1n) is 9.47. The summed E-state index contributed by atoms with van der Waals surface area (Å²) < 4.78 is 6.96. The molecule has 158 valence electrons. The quantitative estimate of drug-likeness (QED) is 0.569. The Morgan fingerprint density at radius 3 is 2.93 bits per heavy atom. The highest BCUT2D eigenvalue weighted by molar-refractivity contribution is 6.45. The minimum Gasteiger partial charge on any atom is -0.480 e. The lowest BCUT2D eigenvalue weighted by atomic mass is 10.1. The van der Waals surface area contributed by atoms with Gasteiger partial charge in [0.05, 0.1) is 46.3 Å². The predicted octanol–water partition coefficient (Wildman–Crippen LogP) is 3.16. The third-order valence-corrected chi connectivity index (χ3v) is 5.97. The third kappa shape index (κ3) is 4.09. The zero-order valence-corrected chi connectivity index (χ0v) is 17.4. The molecule has 3 aromatic rings. The third-order valence-electron chi connectivity index (χ3n) is 5.17. The number of aliphatic hydroxyl groups excluding tert-OH is 1. The van der Waals surface area contributed by atoms with E-state index in [9.17, 15) is 9.90 Å². The van der Waals surface area contributed by atoms with Crippen molar-refractivity contribution in [3.05, 3.63) is 47.0 Å². The van der Waals surface area contributed by atoms with E-state index in [0.29, 0.717) is 27.9 Å². The second-order valence-electron chi connectivity index (χ2n) is 7.11. The number of aliphatic carboxylic acids is 1. The number of fused-ring (bicyclic) bond motifs is 1. The van der Waals surface area contributed by atoms with Crippen LogP contribution in [0.25, 0.3) is 16.6 Å². The van der Waals surface area contributed by atoms with Crippen LogP contribution in [0.15, 0.2) is 36.9 Å². The van der Waals surface area contributed by atoms with Crippen LogP contribution in [0.2, 0.25) is 10.0 Å². The monoisotopic (exact) mass is 450 g/mol. The Morgan fingerprint density at radius 1 is 1.37 bits per heavy atom. The van der Waals surface area contributed by atoms with Gasteiger partial charge < -0.3 is 24.4 Å². The van der Waals surface area contributed by atoms with Gasteiger partial charge in [0, 0.05) is 30.4 Å². The zero-order valence-electron chi connectivity index (χ0n) is 15.9. The number of carbonyl (C=O) groups is 1. The number of aromatic nitrogens is 3. The first-order valence-corrected chi connectivity index (χ1v) is 10.2. The number of ether oxygens (including phenoxy) is 1. The minimum atomic E-state index is -1.07. The molecule has 0 saturated carbocycles. The number of rotatable bonds is 7. The van der Waals surface area contributed by atoms with Crippen LogP contribution in [0, 0.1) is 0 Å². The van der Waals surface area contributed by atoms with Crippen molar-refractivity contribution in [2.45, 2.75) is 25.0 Å². The molecule has 2 atom stereocenters. The summed E-state index contributed by atoms with van der Waals surface area (Å²) in [6.45, 7) is 0.180. The van der Waals surface area contributed by atoms with Gasteiger partial charge in [-0.15, -0.1) is 0 Å². The largest absolute Gasteiger partial charge is 0.480 e. The van der Waals surface area contributed by atoms with Crippen molar-refractivity contribution in [2.24, 2.45) is 0 Å². The molecule has 30 heavy (non-hydrogen) atoms. The van der Waals surface area contributed by atoms with Crippen LogP contribution in [0.5, 0.6) is 0 Å². The summed E-state index contributed by atoms with van der Waals surface area (Å²) in [6, 6.07) is 5.27. The van der Waals surface area contributed by atoms with Crippen molar-refractivity contribution in [3.8, 4) is 5.69 Å². The molecule has 2 N–H and O–H groups in total. The Morgan fingerprint density at radius 2 is 2.20 bits per heavy atom. The average Bonchev–Trinajstić information content (AvgIpc) is 3.42. The molecule has 10 heteroatoms. The predicted molar refractivity (Wildman–Crippen MR) is 114 cm³/mol. The van der Waals surface area contributed by atoms with Gasteiger partial charge in [0.1, 0.15) is 12.4 Å². The average molecular weight is 451 g/mol. The molecule has 8 nitrogen and oxygen atoms in total. The van der Waals surface area contributed by atoms with Gasteiger partial charge in [0.2, 0.25) is 0 Å². The molecule has 0 spiro atoms. The van der Waals surface area contributed by atoms with Crippen LogP contribution in [0.3, 0.4) is 0 Å². The molecular formula is C20H20Cl2N4O4. The van der Waals surface area contributed by atoms with Crippen molar-refractivity contribution in [1.82, 2.24) is 14.5 Å². The minimum absolute atomic E-state index is 0.0675. The van der Waals surface area contributed by atoms with E-state index in [1.54, 1.807) is 18.6 Å². The van der Waals surface area contributed by atoms with Gasteiger partial charge in [-0.2, -0.15) is 0 Å². The summed E-state index contributed by atoms with van der Waals surface area (Å²) in [5.74, 6) is -0.423. The summed E-state index contributed by atoms with van der Waals surface area (Å²) in [5, 5.41) is 20.9. The number of imidazole rings is 1. The van der Waals surface area contributed by atoms with E-state index < -0.39 is 18.7 Å². The Balaban J connectivity index is 1.73. The van der Waals surface area contributed by atoms with Crippen molar-refractivity contribution in [3.63, 3.8) is 0 Å². The Kier molecular flexibility index (Phi) is 6.10. The molecule has 1 fully saturated rings. The highest BCUT2D eigenvalue weighted by atomic mass is 35.5. The maximum absolute atomic E-state index is 10.7. The highest BCUT2D eigenvalue weighted by Gasteiger charge is 2.32. The summed E-state index contributed by atoms with van der Waals surface area (Å²) in [5.41, 5.74) is 1.40. The summed E-state index contributed by atoms with van der Waals surface area (Å²) in [6.07, 6.45) is 5.96. The molecule has 3 heterocycles. The van der Waals surface area contributed by atoms with E-state index in [2.05, 4.69) is 4.98 Å². The molecule has 1 aromatic carbocycles. The van der Waals surface area contributed by atoms with E-state index in [1.165, 1.54) is 0 Å². The smallest absolute Gasteiger partial charge is 0.329 e. The normalized spacial score (nSPS) is 17.6. The topological polar surface area (TPSA) is 101 Å². The number of aliphatic hydroxyl groups is 1. The number of halogens is 2. The van der Waals surface area contributed by atoms with Gasteiger partial charge in [0.25, 0.3) is 0 Å². The van der Waals surface area contributed by atoms with Gasteiger partial charge in [-0.25, -0.2) is 14.8 Å². The van der Waals surface area contributed by atoms with Gasteiger partial charge in [-0.05, 0) is 25.0 Å². The maximum Gasteiger partial charge on any atom is 0.329 e. The van der Waals surface area contributed by atoms with E-state index in [0.717, 1.165) is 23.9 Å². The number of benzene rings is 1. The standard InChI is InChI=1S/C20H20Cl2N4O4/c21-13-4-3-12-15(25-7-5-23-11-25)8-17(24-20(12)19(13)22)26-6-1-2-14(26)16(27)9-30-10-18(28)29/h3-5,7-8,11,14,16,27H,1-2,6,9-10H2,(H,28,29). The van der Waals surface area contributed by atoms with Crippen molar-refractivity contribution >= 4 is 45.9 Å². The van der Waals surface area contributed by atoms with Crippen LogP contribution in [-0.4, -0.2) is 62.6 Å². The highest BCUT2D eigenvalue weighted by Crippen LogP contribution is 2.36. The first kappa shape index (κ1) is 20.9. The number of carboxylic acids is 1. The molecule has 0 amide bonds. The van der Waals surface area contributed by atoms with Crippen LogP contribution in [0.4, 0.5) is 5.82 Å². The van der Waals surface area contributed by atoms with Crippen LogP contribution in [-0.2, 0) is 9.53 Å². The summed E-state index contributed by atoms with van der Waals surface area (Å²) in [7, 11) is 0. The van der Waals surface area contributed by atoms with Crippen molar-refractivity contribution in [2.75, 3.05) is 24.7 Å². The Labute approximate surface area is 182 Å². The van der Waals surface area contributed by atoms with E-state index in [-0.39, 0.29) is 12.6 Å². The number of carboxylic acid groups (broad SMARTS) is 1. The number of pyridine rings is 1. The molecule has 0 bridgehead atoms. The fraction of sp³-hybridized carbons (Fsp3) is 0.350. The molecule has 1 aliphatic heterocycles. The molecule has 0 radical (unpaired) electrons. The number of nitrogens with zero attached hydrogens (tertiary/aromatic N) is 4. The lowest BCUT2D eigenvalue weighted by Crippen LogP contribution is -2.42. The number of hydrogen-bond donors (Lipinski definition) is 2. The summed E-state index contributed by atoms with van der Waals surface area (Å²) >= 11 is 12.7. The Bertz CT molecular complexity index is 1060. The van der Waals surface area contributed by atoms with Gasteiger partial charge in [-0.3, -0.25) is 0 Å². The maximum atomic E-state index is 10.7. The van der Waals surface area contributed by atoms with Gasteiger partial charge in [-0.1, -0.05) is 23.2 Å². The molecular weight excluding hydrogens is 431 g/mol. The molecule has 0 aliphatic carbocycles. The van der Waals surface area contributed by atoms with E-state index in [1.807, 2.05) is 27.8 Å². The fourth-order valence-corrected chi connectivity index (χ4v) is 4.18. The zero-order chi connectivity index (χ0) is 21.3. The SMILES string of the molecule is O=C(O)COCC(O)C1CCCN1c1cc(-n2ccnc2)c2ccc(Cl)c(Cl)c2n1. The summed E-state index contributed by atoms with van der Waals surface area (Å²) in [4.78, 5) is 21.6. The Hall–Kier alpha value is -2.39. The lowest BCUT2D eigenvalue weighted by Gasteiger charge is -2.30. The molecule has 4 rings (SSSR count). The van der Waals surface area contributed by atoms with E-state index >= 15 is 0 Å². The number of hydrogen-bond acceptors (Lipinski definition) is 6. The molecule has 1 aliphatic rings. The van der Waals surface area contributed by atoms with Crippen LogP contribution >= 0.6 is 23.2 Å². The number of anilines is 1. The first-order chi connectivity index (χ1) is 14.5. The lowest BCUT2D eigenvalue weighted by molar-refractivity contribution is -0.143. The second kappa shape index (κ2) is 8.77. The van der Waals surface area contributed by atoms with Gasteiger partial charge >= 0.3 is 5.97 Å². The fourth-order valence-electron chi connectivity index (χ4n) is 3.82. The molecule has 2 unspecified atom stereocenters.